The Morgan fingerprint density at radius 1 is 1.20 bits per heavy atom. The average molecular weight is 370 g/mol. The van der Waals surface area contributed by atoms with Crippen molar-refractivity contribution in [2.24, 2.45) is 0 Å². The minimum absolute atomic E-state index is 0.0365. The predicted octanol–water partition coefficient (Wildman–Crippen LogP) is 5.80. The summed E-state index contributed by atoms with van der Waals surface area (Å²) in [7, 11) is 0. The third-order valence-corrected chi connectivity index (χ3v) is 5.69. The summed E-state index contributed by atoms with van der Waals surface area (Å²) in [4.78, 5) is 0. The van der Waals surface area contributed by atoms with E-state index >= 15 is 0 Å². The number of hydrogen-bond acceptors (Lipinski definition) is 2. The second kappa shape index (κ2) is 7.07. The van der Waals surface area contributed by atoms with Gasteiger partial charge < -0.3 is 5.32 Å². The molecule has 0 spiro atoms. The molecule has 0 bridgehead atoms. The molecule has 0 saturated carbocycles. The number of halogens is 4. The number of alkyl halides is 3. The van der Waals surface area contributed by atoms with Crippen LogP contribution in [0.25, 0.3) is 0 Å². The van der Waals surface area contributed by atoms with E-state index in [1.54, 1.807) is 11.8 Å². The van der Waals surface area contributed by atoms with Crippen molar-refractivity contribution in [3.8, 4) is 0 Å². The molecule has 0 unspecified atom stereocenters. The highest BCUT2D eigenvalue weighted by Crippen LogP contribution is 2.37. The lowest BCUT2D eigenvalue weighted by molar-refractivity contribution is -0.137. The van der Waals surface area contributed by atoms with Crippen LogP contribution in [0.3, 0.4) is 0 Å². The molecular formula is C14H19BrF3NS. The van der Waals surface area contributed by atoms with E-state index in [1.165, 1.54) is 12.1 Å². The molecule has 1 aromatic rings. The summed E-state index contributed by atoms with van der Waals surface area (Å²) >= 11 is 4.92. The van der Waals surface area contributed by atoms with Crippen LogP contribution in [0.15, 0.2) is 22.7 Å². The Morgan fingerprint density at radius 2 is 1.80 bits per heavy atom. The van der Waals surface area contributed by atoms with E-state index in [0.717, 1.165) is 18.9 Å². The fourth-order valence-electron chi connectivity index (χ4n) is 2.03. The van der Waals surface area contributed by atoms with Crippen molar-refractivity contribution in [1.82, 2.24) is 0 Å². The summed E-state index contributed by atoms with van der Waals surface area (Å²) < 4.78 is 39.6. The van der Waals surface area contributed by atoms with Gasteiger partial charge in [0, 0.05) is 21.5 Å². The molecule has 20 heavy (non-hydrogen) atoms. The number of nitrogens with one attached hydrogen (secondary N) is 1. The van der Waals surface area contributed by atoms with E-state index in [-0.39, 0.29) is 10.4 Å². The first-order chi connectivity index (χ1) is 9.28. The third kappa shape index (κ3) is 4.32. The van der Waals surface area contributed by atoms with Gasteiger partial charge >= 0.3 is 6.18 Å². The molecule has 0 aliphatic heterocycles. The standard InChI is InChI=1S/C14H19BrF3NS/c1-4-13(5-2,20-3)9-19-12-8-10(15)6-7-11(12)14(16,17)18/h6-8,19H,4-5,9H2,1-3H3. The first-order valence-electron chi connectivity index (χ1n) is 6.43. The molecule has 114 valence electrons. The third-order valence-electron chi connectivity index (χ3n) is 3.61. The zero-order valence-corrected chi connectivity index (χ0v) is 14.2. The molecule has 0 amide bonds. The van der Waals surface area contributed by atoms with Crippen LogP contribution in [-0.2, 0) is 6.18 Å². The second-order valence-electron chi connectivity index (χ2n) is 4.64. The molecule has 0 radical (unpaired) electrons. The van der Waals surface area contributed by atoms with Crippen LogP contribution in [0, 0.1) is 0 Å². The molecule has 0 fully saturated rings. The second-order valence-corrected chi connectivity index (χ2v) is 6.83. The molecule has 0 aromatic heterocycles. The Morgan fingerprint density at radius 3 is 2.25 bits per heavy atom. The summed E-state index contributed by atoms with van der Waals surface area (Å²) in [5, 5.41) is 2.98. The maximum Gasteiger partial charge on any atom is 0.418 e. The minimum atomic E-state index is -4.34. The molecular weight excluding hydrogens is 351 g/mol. The van der Waals surface area contributed by atoms with E-state index in [9.17, 15) is 13.2 Å². The van der Waals surface area contributed by atoms with Gasteiger partial charge in [-0.25, -0.2) is 0 Å². The van der Waals surface area contributed by atoms with Gasteiger partial charge in [0.25, 0.3) is 0 Å². The minimum Gasteiger partial charge on any atom is -0.383 e. The molecule has 0 aliphatic rings. The van der Waals surface area contributed by atoms with E-state index in [0.29, 0.717) is 11.0 Å². The van der Waals surface area contributed by atoms with Crippen LogP contribution in [0.4, 0.5) is 18.9 Å². The summed E-state index contributed by atoms with van der Waals surface area (Å²) in [6.45, 7) is 4.64. The van der Waals surface area contributed by atoms with Gasteiger partial charge in [-0.3, -0.25) is 0 Å². The summed E-state index contributed by atoms with van der Waals surface area (Å²) in [5.41, 5.74) is -0.491. The first kappa shape index (κ1) is 17.7. The zero-order chi connectivity index (χ0) is 15.4. The number of hydrogen-bond donors (Lipinski definition) is 1. The first-order valence-corrected chi connectivity index (χ1v) is 8.45. The Bertz CT molecular complexity index is 436. The molecule has 0 heterocycles. The zero-order valence-electron chi connectivity index (χ0n) is 11.8. The maximum atomic E-state index is 13.0. The van der Waals surface area contributed by atoms with Gasteiger partial charge in [-0.1, -0.05) is 29.8 Å². The maximum absolute atomic E-state index is 13.0. The highest BCUT2D eigenvalue weighted by molar-refractivity contribution is 9.10. The molecule has 0 aliphatic carbocycles. The number of anilines is 1. The van der Waals surface area contributed by atoms with Crippen LogP contribution >= 0.6 is 27.7 Å². The summed E-state index contributed by atoms with van der Waals surface area (Å²) in [5.74, 6) is 0. The normalized spacial score (nSPS) is 12.6. The molecule has 6 heteroatoms. The van der Waals surface area contributed by atoms with Gasteiger partial charge in [-0.2, -0.15) is 24.9 Å². The van der Waals surface area contributed by atoms with E-state index in [4.69, 9.17) is 0 Å². The lowest BCUT2D eigenvalue weighted by Crippen LogP contribution is -2.32. The lowest BCUT2D eigenvalue weighted by atomic mass is 10.0. The molecule has 1 nitrogen and oxygen atoms in total. The van der Waals surface area contributed by atoms with Crippen molar-refractivity contribution in [2.75, 3.05) is 18.1 Å². The Labute approximate surface area is 130 Å². The SMILES string of the molecule is CCC(CC)(CNc1cc(Br)ccc1C(F)(F)F)SC. The van der Waals surface area contributed by atoms with E-state index in [1.807, 2.05) is 6.26 Å². The Kier molecular flexibility index (Phi) is 6.25. The van der Waals surface area contributed by atoms with Crippen molar-refractivity contribution in [2.45, 2.75) is 37.6 Å². The molecule has 0 atom stereocenters. The van der Waals surface area contributed by atoms with Crippen molar-refractivity contribution < 1.29 is 13.2 Å². The van der Waals surface area contributed by atoms with Crippen molar-refractivity contribution >= 4 is 33.4 Å². The molecule has 1 aromatic carbocycles. The summed E-state index contributed by atoms with van der Waals surface area (Å²) in [6.07, 6.45) is -0.524. The molecule has 1 rings (SSSR count). The fourth-order valence-corrected chi connectivity index (χ4v) is 3.18. The number of benzene rings is 1. The largest absolute Gasteiger partial charge is 0.418 e. The van der Waals surface area contributed by atoms with Gasteiger partial charge in [0.2, 0.25) is 0 Å². The van der Waals surface area contributed by atoms with Gasteiger partial charge in [0.15, 0.2) is 0 Å². The number of rotatable bonds is 6. The fraction of sp³-hybridized carbons (Fsp3) is 0.571. The van der Waals surface area contributed by atoms with Crippen molar-refractivity contribution in [3.05, 3.63) is 28.2 Å². The van der Waals surface area contributed by atoms with Crippen LogP contribution in [0.2, 0.25) is 0 Å². The summed E-state index contributed by atoms with van der Waals surface area (Å²) in [6, 6.07) is 4.00. The topological polar surface area (TPSA) is 12.0 Å². The highest BCUT2D eigenvalue weighted by Gasteiger charge is 2.34. The predicted molar refractivity (Wildman–Crippen MR) is 84.5 cm³/mol. The average Bonchev–Trinajstić information content (AvgIpc) is 2.39. The van der Waals surface area contributed by atoms with Crippen molar-refractivity contribution in [3.63, 3.8) is 0 Å². The van der Waals surface area contributed by atoms with Gasteiger partial charge in [0.1, 0.15) is 0 Å². The molecule has 1 N–H and O–H groups in total. The lowest BCUT2D eigenvalue weighted by Gasteiger charge is -2.31. The number of thioether (sulfide) groups is 1. The monoisotopic (exact) mass is 369 g/mol. The van der Waals surface area contributed by atoms with Crippen LogP contribution in [0.1, 0.15) is 32.3 Å². The van der Waals surface area contributed by atoms with Crippen LogP contribution in [-0.4, -0.2) is 17.5 Å². The Balaban J connectivity index is 3.00. The Hall–Kier alpha value is -0.360. The highest BCUT2D eigenvalue weighted by atomic mass is 79.9. The van der Waals surface area contributed by atoms with E-state index < -0.39 is 11.7 Å². The van der Waals surface area contributed by atoms with Gasteiger partial charge in [-0.15, -0.1) is 0 Å². The van der Waals surface area contributed by atoms with Gasteiger partial charge in [0.05, 0.1) is 5.56 Å². The molecule has 0 saturated heterocycles. The quantitative estimate of drug-likeness (QED) is 0.679. The van der Waals surface area contributed by atoms with E-state index in [2.05, 4.69) is 35.1 Å². The smallest absolute Gasteiger partial charge is 0.383 e. The van der Waals surface area contributed by atoms with Crippen LogP contribution < -0.4 is 5.32 Å². The van der Waals surface area contributed by atoms with Crippen LogP contribution in [0.5, 0.6) is 0 Å². The van der Waals surface area contributed by atoms with Crippen molar-refractivity contribution in [1.29, 1.82) is 0 Å². The van der Waals surface area contributed by atoms with Gasteiger partial charge in [-0.05, 0) is 37.3 Å².